The molecule has 0 aromatic heterocycles. The third-order valence-corrected chi connectivity index (χ3v) is 3.28. The van der Waals surface area contributed by atoms with Gasteiger partial charge in [0.05, 0.1) is 12.7 Å². The largest absolute Gasteiger partial charge is 0.488 e. The number of hydrogen-bond donors (Lipinski definition) is 0. The number of carbonyl (C=O) groups excluding carboxylic acids is 2. The summed E-state index contributed by atoms with van der Waals surface area (Å²) in [6.07, 6.45) is 0. The topological polar surface area (TPSA) is 76.4 Å². The first kappa shape index (κ1) is 16.2. The van der Waals surface area contributed by atoms with Gasteiger partial charge in [-0.2, -0.15) is 5.26 Å². The highest BCUT2D eigenvalue weighted by Crippen LogP contribution is 2.27. The van der Waals surface area contributed by atoms with Crippen molar-refractivity contribution in [3.63, 3.8) is 0 Å². The minimum absolute atomic E-state index is 0.0290. The van der Waals surface area contributed by atoms with Crippen molar-refractivity contribution in [3.05, 3.63) is 64.7 Å². The summed E-state index contributed by atoms with van der Waals surface area (Å²) in [4.78, 5) is 23.7. The summed E-state index contributed by atoms with van der Waals surface area (Å²) in [6.45, 7) is 1.57. The third-order valence-electron chi connectivity index (χ3n) is 3.28. The second kappa shape index (κ2) is 7.23. The van der Waals surface area contributed by atoms with Crippen molar-refractivity contribution in [3.8, 4) is 11.8 Å². The van der Waals surface area contributed by atoms with Gasteiger partial charge < -0.3 is 9.47 Å². The number of nitriles is 1. The summed E-state index contributed by atoms with van der Waals surface area (Å²) >= 11 is 0. The number of rotatable bonds is 5. The molecule has 0 aliphatic heterocycles. The monoisotopic (exact) mass is 309 g/mol. The Bertz CT molecular complexity index is 776. The molecule has 2 rings (SSSR count). The molecule has 0 fully saturated rings. The molecule has 0 spiro atoms. The van der Waals surface area contributed by atoms with Gasteiger partial charge in [0.2, 0.25) is 0 Å². The zero-order chi connectivity index (χ0) is 16.8. The van der Waals surface area contributed by atoms with Crippen LogP contribution in [0.25, 0.3) is 0 Å². The van der Waals surface area contributed by atoms with Crippen LogP contribution < -0.4 is 4.74 Å². The molecule has 2 aromatic rings. The minimum atomic E-state index is -0.715. The van der Waals surface area contributed by atoms with Gasteiger partial charge in [0, 0.05) is 5.56 Å². The van der Waals surface area contributed by atoms with Gasteiger partial charge in [0.1, 0.15) is 24.0 Å². The second-order valence-corrected chi connectivity index (χ2v) is 4.80. The zero-order valence-corrected chi connectivity index (χ0v) is 12.8. The maximum absolute atomic E-state index is 12.0. The van der Waals surface area contributed by atoms with Gasteiger partial charge in [-0.15, -0.1) is 0 Å². The molecule has 0 atom stereocenters. The van der Waals surface area contributed by atoms with Crippen LogP contribution in [0.4, 0.5) is 0 Å². The molecular weight excluding hydrogens is 294 g/mol. The van der Waals surface area contributed by atoms with Crippen molar-refractivity contribution in [2.75, 3.05) is 7.11 Å². The number of nitrogens with zero attached hydrogens (tertiary/aromatic N) is 1. The summed E-state index contributed by atoms with van der Waals surface area (Å²) in [7, 11) is 1.21. The first-order valence-corrected chi connectivity index (χ1v) is 6.91. The van der Waals surface area contributed by atoms with Crippen molar-refractivity contribution in [1.29, 1.82) is 5.26 Å². The van der Waals surface area contributed by atoms with Gasteiger partial charge in [-0.3, -0.25) is 4.79 Å². The Morgan fingerprint density at radius 2 is 1.83 bits per heavy atom. The molecule has 0 radical (unpaired) electrons. The van der Waals surface area contributed by atoms with E-state index in [4.69, 9.17) is 9.47 Å². The van der Waals surface area contributed by atoms with E-state index in [9.17, 15) is 14.9 Å². The number of esters is 1. The fourth-order valence-corrected chi connectivity index (χ4v) is 2.15. The number of benzene rings is 2. The lowest BCUT2D eigenvalue weighted by Gasteiger charge is -2.13. The molecular formula is C18H15NO4. The van der Waals surface area contributed by atoms with E-state index in [1.807, 2.05) is 36.4 Å². The summed E-state index contributed by atoms with van der Waals surface area (Å²) in [5.74, 6) is -0.809. The SMILES string of the molecule is COC(=O)c1c(OCc2ccccc2)ccc(C(C)=O)c1C#N. The molecule has 0 saturated heterocycles. The van der Waals surface area contributed by atoms with E-state index < -0.39 is 5.97 Å². The number of ether oxygens (including phenoxy) is 2. The number of ketones is 1. The predicted molar refractivity (Wildman–Crippen MR) is 83.3 cm³/mol. The van der Waals surface area contributed by atoms with E-state index in [2.05, 4.69) is 0 Å². The molecule has 0 bridgehead atoms. The molecule has 0 aliphatic rings. The Hall–Kier alpha value is -3.13. The van der Waals surface area contributed by atoms with Crippen LogP contribution >= 0.6 is 0 Å². The number of carbonyl (C=O) groups is 2. The molecule has 23 heavy (non-hydrogen) atoms. The van der Waals surface area contributed by atoms with Crippen molar-refractivity contribution < 1.29 is 19.1 Å². The molecule has 0 aliphatic carbocycles. The van der Waals surface area contributed by atoms with E-state index >= 15 is 0 Å². The molecule has 0 unspecified atom stereocenters. The third kappa shape index (κ3) is 3.55. The van der Waals surface area contributed by atoms with E-state index in [0.717, 1.165) is 5.56 Å². The Kier molecular flexibility index (Phi) is 5.11. The molecule has 0 saturated carbocycles. The van der Waals surface area contributed by atoms with E-state index in [-0.39, 0.29) is 34.8 Å². The lowest BCUT2D eigenvalue weighted by Crippen LogP contribution is -2.11. The fourth-order valence-electron chi connectivity index (χ4n) is 2.15. The van der Waals surface area contributed by atoms with Crippen molar-refractivity contribution in [2.24, 2.45) is 0 Å². The van der Waals surface area contributed by atoms with Crippen LogP contribution in [0.2, 0.25) is 0 Å². The summed E-state index contributed by atoms with van der Waals surface area (Å²) in [6, 6.07) is 14.3. The first-order valence-electron chi connectivity index (χ1n) is 6.91. The van der Waals surface area contributed by atoms with Crippen LogP contribution in [0.15, 0.2) is 42.5 Å². The molecule has 5 nitrogen and oxygen atoms in total. The molecule has 0 N–H and O–H groups in total. The van der Waals surface area contributed by atoms with Gasteiger partial charge >= 0.3 is 5.97 Å². The van der Waals surface area contributed by atoms with Crippen LogP contribution in [-0.4, -0.2) is 18.9 Å². The second-order valence-electron chi connectivity index (χ2n) is 4.80. The molecule has 116 valence electrons. The Balaban J connectivity index is 2.44. The van der Waals surface area contributed by atoms with Gasteiger partial charge in [-0.25, -0.2) is 4.79 Å². The highest BCUT2D eigenvalue weighted by molar-refractivity contribution is 6.03. The smallest absolute Gasteiger partial charge is 0.343 e. The molecule has 0 amide bonds. The van der Waals surface area contributed by atoms with Crippen molar-refractivity contribution >= 4 is 11.8 Å². The predicted octanol–water partition coefficient (Wildman–Crippen LogP) is 3.13. The standard InChI is InChI=1S/C18H15NO4/c1-12(20)14-8-9-16(17(15(14)10-19)18(21)22-2)23-11-13-6-4-3-5-7-13/h3-9H,11H2,1-2H3. The van der Waals surface area contributed by atoms with Crippen LogP contribution in [0.5, 0.6) is 5.75 Å². The maximum Gasteiger partial charge on any atom is 0.343 e. The fraction of sp³-hybridized carbons (Fsp3) is 0.167. The van der Waals surface area contributed by atoms with Gasteiger partial charge in [-0.05, 0) is 24.6 Å². The average molecular weight is 309 g/mol. The number of methoxy groups -OCH3 is 1. The molecule has 2 aromatic carbocycles. The highest BCUT2D eigenvalue weighted by Gasteiger charge is 2.23. The quantitative estimate of drug-likeness (QED) is 0.626. The summed E-state index contributed by atoms with van der Waals surface area (Å²) < 4.78 is 10.4. The van der Waals surface area contributed by atoms with E-state index in [0.29, 0.717) is 0 Å². The van der Waals surface area contributed by atoms with E-state index in [1.54, 1.807) is 0 Å². The van der Waals surface area contributed by atoms with E-state index in [1.165, 1.54) is 26.2 Å². The van der Waals surface area contributed by atoms with Gasteiger partial charge in [0.25, 0.3) is 0 Å². The van der Waals surface area contributed by atoms with Crippen molar-refractivity contribution in [1.82, 2.24) is 0 Å². The lowest BCUT2D eigenvalue weighted by atomic mass is 9.98. The molecule has 5 heteroatoms. The van der Waals surface area contributed by atoms with Crippen molar-refractivity contribution in [2.45, 2.75) is 13.5 Å². The highest BCUT2D eigenvalue weighted by atomic mass is 16.5. The Morgan fingerprint density at radius 1 is 1.13 bits per heavy atom. The van der Waals surface area contributed by atoms with Gasteiger partial charge in [0.15, 0.2) is 5.78 Å². The minimum Gasteiger partial charge on any atom is -0.488 e. The van der Waals surface area contributed by atoms with Crippen LogP contribution in [0.1, 0.15) is 38.8 Å². The summed E-state index contributed by atoms with van der Waals surface area (Å²) in [5, 5.41) is 9.34. The number of Topliss-reactive ketones (excluding diaryl/α,β-unsaturated/α-hetero) is 1. The Labute approximate surface area is 134 Å². The van der Waals surface area contributed by atoms with Crippen LogP contribution in [0, 0.1) is 11.3 Å². The first-order chi connectivity index (χ1) is 11.1. The zero-order valence-electron chi connectivity index (χ0n) is 12.8. The lowest BCUT2D eigenvalue weighted by molar-refractivity contribution is 0.0595. The summed E-state index contributed by atoms with van der Waals surface area (Å²) in [5.41, 5.74) is 1.02. The maximum atomic E-state index is 12.0. The van der Waals surface area contributed by atoms with Gasteiger partial charge in [-0.1, -0.05) is 30.3 Å². The Morgan fingerprint density at radius 3 is 2.39 bits per heavy atom. The average Bonchev–Trinajstić information content (AvgIpc) is 2.58. The number of hydrogen-bond acceptors (Lipinski definition) is 5. The molecule has 0 heterocycles. The van der Waals surface area contributed by atoms with Crippen LogP contribution in [-0.2, 0) is 11.3 Å². The normalized spacial score (nSPS) is 9.78. The van der Waals surface area contributed by atoms with Crippen LogP contribution in [0.3, 0.4) is 0 Å².